The fourth-order valence-corrected chi connectivity index (χ4v) is 3.55. The van der Waals surface area contributed by atoms with Crippen LogP contribution in [0.15, 0.2) is 54.2 Å². The van der Waals surface area contributed by atoms with Crippen molar-refractivity contribution in [1.29, 1.82) is 0 Å². The fourth-order valence-electron chi connectivity index (χ4n) is 2.50. The molecule has 1 amide bonds. The number of nitrogens with zero attached hydrogens (tertiary/aromatic N) is 2. The van der Waals surface area contributed by atoms with E-state index in [2.05, 4.69) is 15.3 Å². The van der Waals surface area contributed by atoms with Crippen molar-refractivity contribution in [3.63, 3.8) is 0 Å². The smallest absolute Gasteiger partial charge is 0.220 e. The van der Waals surface area contributed by atoms with Gasteiger partial charge in [-0.1, -0.05) is 23.7 Å². The van der Waals surface area contributed by atoms with E-state index in [-0.39, 0.29) is 24.5 Å². The van der Waals surface area contributed by atoms with Gasteiger partial charge in [0.15, 0.2) is 5.78 Å². The van der Waals surface area contributed by atoms with Gasteiger partial charge in [0.05, 0.1) is 5.69 Å². The SMILES string of the molecule is O=C(CCC(=O)c1cccc(Cl)c1)NCCc1csc(-c2ccncc2)n1. The van der Waals surface area contributed by atoms with Gasteiger partial charge in [-0.25, -0.2) is 4.98 Å². The maximum absolute atomic E-state index is 12.1. The molecule has 3 aromatic rings. The molecule has 0 aliphatic carbocycles. The molecule has 27 heavy (non-hydrogen) atoms. The molecule has 0 aliphatic rings. The largest absolute Gasteiger partial charge is 0.356 e. The molecule has 138 valence electrons. The topological polar surface area (TPSA) is 72.0 Å². The molecule has 1 N–H and O–H groups in total. The monoisotopic (exact) mass is 399 g/mol. The predicted octanol–water partition coefficient (Wildman–Crippen LogP) is 4.18. The van der Waals surface area contributed by atoms with Crippen molar-refractivity contribution in [2.24, 2.45) is 0 Å². The van der Waals surface area contributed by atoms with Gasteiger partial charge in [-0.15, -0.1) is 11.3 Å². The molecule has 0 bridgehead atoms. The number of pyridine rings is 1. The summed E-state index contributed by atoms with van der Waals surface area (Å²) in [4.78, 5) is 32.6. The quantitative estimate of drug-likeness (QED) is 0.577. The van der Waals surface area contributed by atoms with Crippen molar-refractivity contribution < 1.29 is 9.59 Å². The summed E-state index contributed by atoms with van der Waals surface area (Å²) in [6.07, 6.45) is 4.44. The van der Waals surface area contributed by atoms with Crippen LogP contribution in [0.25, 0.3) is 10.6 Å². The number of carbonyl (C=O) groups is 2. The van der Waals surface area contributed by atoms with Crippen molar-refractivity contribution in [2.45, 2.75) is 19.3 Å². The van der Waals surface area contributed by atoms with Gasteiger partial charge in [0.25, 0.3) is 0 Å². The molecule has 7 heteroatoms. The lowest BCUT2D eigenvalue weighted by molar-refractivity contribution is -0.121. The summed E-state index contributed by atoms with van der Waals surface area (Å²) < 4.78 is 0. The first kappa shape index (κ1) is 19.2. The Labute approximate surface area is 166 Å². The minimum atomic E-state index is -0.144. The maximum Gasteiger partial charge on any atom is 0.220 e. The first-order valence-corrected chi connectivity index (χ1v) is 9.78. The van der Waals surface area contributed by atoms with Crippen LogP contribution in [-0.4, -0.2) is 28.2 Å². The van der Waals surface area contributed by atoms with Crippen LogP contribution in [0.3, 0.4) is 0 Å². The van der Waals surface area contributed by atoms with Gasteiger partial charge in [0, 0.05) is 59.7 Å². The molecule has 0 saturated heterocycles. The molecule has 0 fully saturated rings. The third-order valence-electron chi connectivity index (χ3n) is 3.91. The van der Waals surface area contributed by atoms with Gasteiger partial charge in [-0.3, -0.25) is 14.6 Å². The van der Waals surface area contributed by atoms with Gasteiger partial charge >= 0.3 is 0 Å². The molecule has 1 aromatic carbocycles. The third kappa shape index (κ3) is 5.70. The summed E-state index contributed by atoms with van der Waals surface area (Å²) in [7, 11) is 0. The second-order valence-electron chi connectivity index (χ2n) is 5.91. The molecule has 5 nitrogen and oxygen atoms in total. The van der Waals surface area contributed by atoms with Crippen LogP contribution in [0.1, 0.15) is 28.9 Å². The number of halogens is 1. The molecule has 3 rings (SSSR count). The first-order chi connectivity index (χ1) is 13.1. The fraction of sp³-hybridized carbons (Fsp3) is 0.200. The highest BCUT2D eigenvalue weighted by molar-refractivity contribution is 7.13. The number of rotatable bonds is 8. The van der Waals surface area contributed by atoms with E-state index in [0.29, 0.717) is 23.6 Å². The van der Waals surface area contributed by atoms with Gasteiger partial charge in [0.2, 0.25) is 5.91 Å². The van der Waals surface area contributed by atoms with Crippen LogP contribution in [0.2, 0.25) is 5.02 Å². The summed E-state index contributed by atoms with van der Waals surface area (Å²) in [5.74, 6) is -0.232. The zero-order chi connectivity index (χ0) is 19.1. The standard InChI is InChI=1S/C20H18ClN3O2S/c21-16-3-1-2-15(12-16)18(25)4-5-19(26)23-11-8-17-13-27-20(24-17)14-6-9-22-10-7-14/h1-3,6-7,9-10,12-13H,4-5,8,11H2,(H,23,26). The first-order valence-electron chi connectivity index (χ1n) is 8.52. The molecule has 0 unspecified atom stereocenters. The number of nitrogens with one attached hydrogen (secondary N) is 1. The molecular weight excluding hydrogens is 382 g/mol. The molecule has 2 aromatic heterocycles. The number of hydrogen-bond donors (Lipinski definition) is 1. The summed E-state index contributed by atoms with van der Waals surface area (Å²) >= 11 is 7.45. The zero-order valence-electron chi connectivity index (χ0n) is 14.5. The molecule has 2 heterocycles. The second-order valence-corrected chi connectivity index (χ2v) is 7.21. The number of benzene rings is 1. The van der Waals surface area contributed by atoms with Crippen molar-refractivity contribution in [2.75, 3.05) is 6.54 Å². The van der Waals surface area contributed by atoms with Crippen molar-refractivity contribution >= 4 is 34.6 Å². The van der Waals surface area contributed by atoms with E-state index in [0.717, 1.165) is 16.3 Å². The lowest BCUT2D eigenvalue weighted by atomic mass is 10.1. The summed E-state index contributed by atoms with van der Waals surface area (Å²) in [6.45, 7) is 0.490. The van der Waals surface area contributed by atoms with Gasteiger partial charge in [0.1, 0.15) is 5.01 Å². The van der Waals surface area contributed by atoms with E-state index in [9.17, 15) is 9.59 Å². The lowest BCUT2D eigenvalue weighted by Gasteiger charge is -2.04. The third-order valence-corrected chi connectivity index (χ3v) is 5.08. The van der Waals surface area contributed by atoms with Gasteiger partial charge in [-0.05, 0) is 24.3 Å². The van der Waals surface area contributed by atoms with Crippen molar-refractivity contribution in [3.05, 3.63) is 70.5 Å². The molecule has 0 radical (unpaired) electrons. The Hall–Kier alpha value is -2.57. The van der Waals surface area contributed by atoms with E-state index >= 15 is 0 Å². The Morgan fingerprint density at radius 1 is 1.11 bits per heavy atom. The molecule has 0 saturated carbocycles. The average molecular weight is 400 g/mol. The Kier molecular flexibility index (Phi) is 6.68. The van der Waals surface area contributed by atoms with Crippen LogP contribution in [0.5, 0.6) is 0 Å². The minimum Gasteiger partial charge on any atom is -0.356 e. The zero-order valence-corrected chi connectivity index (χ0v) is 16.1. The minimum absolute atomic E-state index is 0.0888. The molecule has 0 aliphatic heterocycles. The van der Waals surface area contributed by atoms with Gasteiger partial charge < -0.3 is 5.32 Å². The highest BCUT2D eigenvalue weighted by Crippen LogP contribution is 2.22. The highest BCUT2D eigenvalue weighted by atomic mass is 35.5. The van der Waals surface area contributed by atoms with Gasteiger partial charge in [-0.2, -0.15) is 0 Å². The number of aromatic nitrogens is 2. The van der Waals surface area contributed by atoms with E-state index in [1.807, 2.05) is 17.5 Å². The Balaban J connectivity index is 1.41. The van der Waals surface area contributed by atoms with Crippen molar-refractivity contribution in [1.82, 2.24) is 15.3 Å². The van der Waals surface area contributed by atoms with E-state index < -0.39 is 0 Å². The number of thiazole rings is 1. The number of amides is 1. The number of carbonyl (C=O) groups excluding carboxylic acids is 2. The second kappa shape index (κ2) is 9.39. The van der Waals surface area contributed by atoms with Crippen LogP contribution in [0, 0.1) is 0 Å². The van der Waals surface area contributed by atoms with Crippen LogP contribution in [-0.2, 0) is 11.2 Å². The molecular formula is C20H18ClN3O2S. The molecule has 0 atom stereocenters. The van der Waals surface area contributed by atoms with Crippen molar-refractivity contribution in [3.8, 4) is 10.6 Å². The van der Waals surface area contributed by atoms with Crippen LogP contribution < -0.4 is 5.32 Å². The van der Waals surface area contributed by atoms with Crippen LogP contribution >= 0.6 is 22.9 Å². The highest BCUT2D eigenvalue weighted by Gasteiger charge is 2.10. The Morgan fingerprint density at radius 2 is 1.93 bits per heavy atom. The Bertz CT molecular complexity index is 928. The predicted molar refractivity (Wildman–Crippen MR) is 107 cm³/mol. The van der Waals surface area contributed by atoms with E-state index in [4.69, 9.17) is 11.6 Å². The number of hydrogen-bond acceptors (Lipinski definition) is 5. The van der Waals surface area contributed by atoms with Crippen LogP contribution in [0.4, 0.5) is 0 Å². The normalized spacial score (nSPS) is 10.6. The lowest BCUT2D eigenvalue weighted by Crippen LogP contribution is -2.26. The number of Topliss-reactive ketones (excluding diaryl/α,β-unsaturated/α-hetero) is 1. The number of ketones is 1. The maximum atomic E-state index is 12.1. The summed E-state index contributed by atoms with van der Waals surface area (Å²) in [5.41, 5.74) is 2.49. The average Bonchev–Trinajstić information content (AvgIpc) is 3.16. The summed E-state index contributed by atoms with van der Waals surface area (Å²) in [6, 6.07) is 10.6. The van der Waals surface area contributed by atoms with E-state index in [1.165, 1.54) is 0 Å². The Morgan fingerprint density at radius 3 is 2.70 bits per heavy atom. The molecule has 0 spiro atoms. The van der Waals surface area contributed by atoms with E-state index in [1.54, 1.807) is 48.0 Å². The summed E-state index contributed by atoms with van der Waals surface area (Å²) in [5, 5.41) is 6.28.